The number of rotatable bonds is 5. The van der Waals surface area contributed by atoms with Crippen molar-refractivity contribution in [1.29, 1.82) is 0 Å². The summed E-state index contributed by atoms with van der Waals surface area (Å²) < 4.78 is 24.4. The number of hydrogen-bond donors (Lipinski definition) is 1. The van der Waals surface area contributed by atoms with Crippen LogP contribution in [0.25, 0.3) is 11.1 Å². The van der Waals surface area contributed by atoms with Gasteiger partial charge in [-0.05, 0) is 44.4 Å². The maximum Gasteiger partial charge on any atom is 0.292 e. The third-order valence-electron chi connectivity index (χ3n) is 4.94. The number of nitrogens with zero attached hydrogens (tertiary/aromatic N) is 4. The van der Waals surface area contributed by atoms with Gasteiger partial charge in [-0.1, -0.05) is 5.16 Å². The summed E-state index contributed by atoms with van der Waals surface area (Å²) in [7, 11) is 0. The standard InChI is InChI=1S/C18H18FN5O3/c19-10-3-6-14-12(8-10)21-15(26-14)9-24-7-1-2-13(24)18-22-16(23-27-18)17(25)20-11-4-5-11/h3,6,8,11,13H,1-2,4-5,7,9H2,(H,20,25)/t13-/m0/s1. The van der Waals surface area contributed by atoms with Gasteiger partial charge < -0.3 is 14.3 Å². The van der Waals surface area contributed by atoms with Crippen LogP contribution >= 0.6 is 0 Å². The van der Waals surface area contributed by atoms with Crippen molar-refractivity contribution in [3.05, 3.63) is 41.6 Å². The van der Waals surface area contributed by atoms with Gasteiger partial charge in [-0.2, -0.15) is 4.98 Å². The van der Waals surface area contributed by atoms with Crippen molar-refractivity contribution in [3.63, 3.8) is 0 Å². The molecular weight excluding hydrogens is 353 g/mol. The first-order valence-corrected chi connectivity index (χ1v) is 9.09. The Balaban J connectivity index is 1.32. The molecule has 1 atom stereocenters. The quantitative estimate of drug-likeness (QED) is 0.736. The van der Waals surface area contributed by atoms with Crippen LogP contribution in [0.5, 0.6) is 0 Å². The Bertz CT molecular complexity index is 996. The van der Waals surface area contributed by atoms with Crippen molar-refractivity contribution in [2.45, 2.75) is 44.3 Å². The first kappa shape index (κ1) is 16.4. The molecule has 2 aromatic heterocycles. The predicted molar refractivity (Wildman–Crippen MR) is 91.1 cm³/mol. The van der Waals surface area contributed by atoms with Gasteiger partial charge in [-0.15, -0.1) is 0 Å². The van der Waals surface area contributed by atoms with Crippen LogP contribution in [0.2, 0.25) is 0 Å². The second kappa shape index (κ2) is 6.41. The van der Waals surface area contributed by atoms with Crippen molar-refractivity contribution in [1.82, 2.24) is 25.3 Å². The normalized spacial score (nSPS) is 20.4. The zero-order valence-corrected chi connectivity index (χ0v) is 14.5. The van der Waals surface area contributed by atoms with Crippen molar-refractivity contribution < 1.29 is 18.1 Å². The highest BCUT2D eigenvalue weighted by Gasteiger charge is 2.33. The summed E-state index contributed by atoms with van der Waals surface area (Å²) in [5.74, 6) is 0.368. The SMILES string of the molecule is O=C(NC1CC1)c1noc([C@@H]2CCCN2Cc2nc3cc(F)ccc3o2)n1. The van der Waals surface area contributed by atoms with E-state index in [-0.39, 0.29) is 29.6 Å². The van der Waals surface area contributed by atoms with E-state index in [1.54, 1.807) is 6.07 Å². The molecular formula is C18H18FN5O3. The largest absolute Gasteiger partial charge is 0.439 e. The highest BCUT2D eigenvalue weighted by atomic mass is 19.1. The summed E-state index contributed by atoms with van der Waals surface area (Å²) in [6, 6.07) is 4.43. The van der Waals surface area contributed by atoms with Crippen LogP contribution in [0, 0.1) is 5.82 Å². The minimum absolute atomic E-state index is 0.0705. The zero-order chi connectivity index (χ0) is 18.4. The van der Waals surface area contributed by atoms with E-state index in [0.29, 0.717) is 29.4 Å². The lowest BCUT2D eigenvalue weighted by Gasteiger charge is -2.19. The molecule has 5 rings (SSSR count). The van der Waals surface area contributed by atoms with Gasteiger partial charge in [0.15, 0.2) is 5.58 Å². The number of aromatic nitrogens is 3. The molecule has 0 unspecified atom stereocenters. The third kappa shape index (κ3) is 3.30. The number of carbonyl (C=O) groups excluding carboxylic acids is 1. The van der Waals surface area contributed by atoms with Crippen molar-refractivity contribution in [3.8, 4) is 0 Å². The maximum atomic E-state index is 13.3. The third-order valence-corrected chi connectivity index (χ3v) is 4.94. The molecule has 2 aliphatic rings. The number of fused-ring (bicyclic) bond motifs is 1. The highest BCUT2D eigenvalue weighted by molar-refractivity contribution is 5.90. The Kier molecular flexibility index (Phi) is 3.89. The van der Waals surface area contributed by atoms with Gasteiger partial charge in [0.1, 0.15) is 11.3 Å². The lowest BCUT2D eigenvalue weighted by Crippen LogP contribution is -2.27. The van der Waals surface area contributed by atoms with Gasteiger partial charge in [-0.3, -0.25) is 9.69 Å². The van der Waals surface area contributed by atoms with E-state index in [4.69, 9.17) is 8.94 Å². The number of nitrogens with one attached hydrogen (secondary N) is 1. The van der Waals surface area contributed by atoms with E-state index in [1.165, 1.54) is 12.1 Å². The summed E-state index contributed by atoms with van der Waals surface area (Å²) in [5.41, 5.74) is 1.05. The summed E-state index contributed by atoms with van der Waals surface area (Å²) in [6.07, 6.45) is 3.81. The molecule has 8 nitrogen and oxygen atoms in total. The van der Waals surface area contributed by atoms with Gasteiger partial charge in [0.05, 0.1) is 12.6 Å². The molecule has 1 amide bonds. The number of likely N-dealkylation sites (tertiary alicyclic amines) is 1. The lowest BCUT2D eigenvalue weighted by molar-refractivity contribution is 0.0937. The Morgan fingerprint density at radius 1 is 1.30 bits per heavy atom. The van der Waals surface area contributed by atoms with Crippen LogP contribution in [0.1, 0.15) is 54.1 Å². The molecule has 3 aromatic rings. The molecule has 1 saturated carbocycles. The predicted octanol–water partition coefficient (Wildman–Crippen LogP) is 2.58. The molecule has 1 aromatic carbocycles. The molecule has 9 heteroatoms. The van der Waals surface area contributed by atoms with E-state index in [1.807, 2.05) is 0 Å². The molecule has 1 aliphatic carbocycles. The topological polar surface area (TPSA) is 97.3 Å². The number of hydrogen-bond acceptors (Lipinski definition) is 7. The zero-order valence-electron chi connectivity index (χ0n) is 14.5. The number of halogens is 1. The van der Waals surface area contributed by atoms with E-state index < -0.39 is 0 Å². The Hall–Kier alpha value is -2.81. The fraction of sp³-hybridized carbons (Fsp3) is 0.444. The minimum atomic E-state index is -0.343. The minimum Gasteiger partial charge on any atom is -0.439 e. The Labute approximate surface area is 153 Å². The van der Waals surface area contributed by atoms with Crippen molar-refractivity contribution >= 4 is 17.0 Å². The molecule has 0 radical (unpaired) electrons. The molecule has 27 heavy (non-hydrogen) atoms. The summed E-state index contributed by atoms with van der Waals surface area (Å²) in [5, 5.41) is 6.67. The first-order chi connectivity index (χ1) is 13.2. The van der Waals surface area contributed by atoms with E-state index in [0.717, 1.165) is 32.2 Å². The van der Waals surface area contributed by atoms with Gasteiger partial charge >= 0.3 is 0 Å². The number of benzene rings is 1. The molecule has 0 bridgehead atoms. The highest BCUT2D eigenvalue weighted by Crippen LogP contribution is 2.32. The Morgan fingerprint density at radius 2 is 2.19 bits per heavy atom. The molecule has 2 fully saturated rings. The van der Waals surface area contributed by atoms with Gasteiger partial charge in [0, 0.05) is 12.1 Å². The summed E-state index contributed by atoms with van der Waals surface area (Å²) in [6.45, 7) is 1.27. The summed E-state index contributed by atoms with van der Waals surface area (Å²) in [4.78, 5) is 22.8. The van der Waals surface area contributed by atoms with Crippen LogP contribution in [-0.2, 0) is 6.54 Å². The van der Waals surface area contributed by atoms with E-state index >= 15 is 0 Å². The average Bonchev–Trinajstić information content (AvgIpc) is 3.04. The number of oxazole rings is 1. The smallest absolute Gasteiger partial charge is 0.292 e. The van der Waals surface area contributed by atoms with Gasteiger partial charge in [0.2, 0.25) is 11.8 Å². The van der Waals surface area contributed by atoms with Gasteiger partial charge in [-0.25, -0.2) is 9.37 Å². The molecule has 1 N–H and O–H groups in total. The van der Waals surface area contributed by atoms with Crippen molar-refractivity contribution in [2.75, 3.05) is 6.54 Å². The van der Waals surface area contributed by atoms with Crippen LogP contribution in [0.4, 0.5) is 4.39 Å². The first-order valence-electron chi connectivity index (χ1n) is 9.09. The lowest BCUT2D eigenvalue weighted by atomic mass is 10.2. The fourth-order valence-corrected chi connectivity index (χ4v) is 3.43. The second-order valence-corrected chi connectivity index (χ2v) is 7.05. The molecule has 3 heterocycles. The number of amides is 1. The average molecular weight is 371 g/mol. The Morgan fingerprint density at radius 3 is 3.04 bits per heavy atom. The molecule has 0 spiro atoms. The second-order valence-electron chi connectivity index (χ2n) is 7.05. The van der Waals surface area contributed by atoms with E-state index in [9.17, 15) is 9.18 Å². The molecule has 140 valence electrons. The van der Waals surface area contributed by atoms with Crippen LogP contribution in [-0.4, -0.2) is 38.5 Å². The van der Waals surface area contributed by atoms with Gasteiger partial charge in [0.25, 0.3) is 11.7 Å². The summed E-state index contributed by atoms with van der Waals surface area (Å²) >= 11 is 0. The van der Waals surface area contributed by atoms with Crippen LogP contribution in [0.15, 0.2) is 27.1 Å². The fourth-order valence-electron chi connectivity index (χ4n) is 3.43. The molecule has 1 saturated heterocycles. The van der Waals surface area contributed by atoms with E-state index in [2.05, 4.69) is 25.3 Å². The monoisotopic (exact) mass is 371 g/mol. The maximum absolute atomic E-state index is 13.3. The number of carbonyl (C=O) groups is 1. The van der Waals surface area contributed by atoms with Crippen LogP contribution in [0.3, 0.4) is 0 Å². The molecule has 1 aliphatic heterocycles. The van der Waals surface area contributed by atoms with Crippen LogP contribution < -0.4 is 5.32 Å². The van der Waals surface area contributed by atoms with Crippen molar-refractivity contribution in [2.24, 2.45) is 0 Å².